The fourth-order valence-corrected chi connectivity index (χ4v) is 3.59. The van der Waals surface area contributed by atoms with Crippen LogP contribution in [0, 0.1) is 5.92 Å². The molecule has 2 unspecified atom stereocenters. The highest BCUT2D eigenvalue weighted by atomic mass is 16.3. The molecule has 1 aliphatic heterocycles. The van der Waals surface area contributed by atoms with Crippen molar-refractivity contribution >= 4 is 11.6 Å². The van der Waals surface area contributed by atoms with Crippen molar-refractivity contribution in [3.8, 4) is 0 Å². The number of Topliss-reactive ketones (excluding diaryl/α,β-unsaturated/α-hetero) is 1. The Morgan fingerprint density at radius 1 is 1.45 bits per heavy atom. The summed E-state index contributed by atoms with van der Waals surface area (Å²) in [6.45, 7) is 3.25. The number of anilines is 1. The van der Waals surface area contributed by atoms with Gasteiger partial charge in [-0.25, -0.2) is 4.98 Å². The first-order valence-corrected chi connectivity index (χ1v) is 7.53. The highest BCUT2D eigenvalue weighted by Gasteiger charge is 2.42. The molecule has 0 bridgehead atoms. The van der Waals surface area contributed by atoms with E-state index < -0.39 is 5.60 Å². The molecule has 2 heterocycles. The lowest BCUT2D eigenvalue weighted by Crippen LogP contribution is -2.53. The molecule has 0 spiro atoms. The minimum absolute atomic E-state index is 0.0693. The Morgan fingerprint density at radius 2 is 2.30 bits per heavy atom. The molecule has 1 saturated heterocycles. The van der Waals surface area contributed by atoms with Crippen molar-refractivity contribution in [2.75, 3.05) is 18.0 Å². The molecule has 2 atom stereocenters. The smallest absolute Gasteiger partial charge is 0.159 e. The Morgan fingerprint density at radius 3 is 3.10 bits per heavy atom. The van der Waals surface area contributed by atoms with E-state index in [0.717, 1.165) is 44.6 Å². The summed E-state index contributed by atoms with van der Waals surface area (Å²) in [6.07, 6.45) is 6.90. The molecule has 1 saturated carbocycles. The van der Waals surface area contributed by atoms with Gasteiger partial charge in [0.05, 0.1) is 5.60 Å². The number of carbonyl (C=O) groups is 1. The summed E-state index contributed by atoms with van der Waals surface area (Å²) >= 11 is 0. The molecule has 2 aliphatic rings. The molecular weight excluding hydrogens is 252 g/mol. The first kappa shape index (κ1) is 13.6. The van der Waals surface area contributed by atoms with Crippen LogP contribution in [0.1, 0.15) is 49.4 Å². The van der Waals surface area contributed by atoms with Gasteiger partial charge in [0, 0.05) is 30.8 Å². The Labute approximate surface area is 119 Å². The number of hydrogen-bond acceptors (Lipinski definition) is 4. The maximum atomic E-state index is 11.5. The molecule has 2 fully saturated rings. The van der Waals surface area contributed by atoms with Crippen molar-refractivity contribution in [3.05, 3.63) is 23.9 Å². The number of ketones is 1. The van der Waals surface area contributed by atoms with Crippen molar-refractivity contribution < 1.29 is 9.90 Å². The molecular formula is C16H22N2O2. The van der Waals surface area contributed by atoms with E-state index in [4.69, 9.17) is 0 Å². The van der Waals surface area contributed by atoms with Gasteiger partial charge in [0.15, 0.2) is 5.78 Å². The van der Waals surface area contributed by atoms with Crippen LogP contribution in [-0.2, 0) is 0 Å². The second kappa shape index (κ2) is 5.17. The van der Waals surface area contributed by atoms with Crippen molar-refractivity contribution in [2.24, 2.45) is 5.92 Å². The maximum absolute atomic E-state index is 11.5. The molecule has 0 aromatic carbocycles. The van der Waals surface area contributed by atoms with E-state index in [1.165, 1.54) is 6.42 Å². The van der Waals surface area contributed by atoms with Crippen molar-refractivity contribution in [1.82, 2.24) is 4.98 Å². The zero-order chi connectivity index (χ0) is 14.2. The van der Waals surface area contributed by atoms with Gasteiger partial charge in [-0.15, -0.1) is 0 Å². The summed E-state index contributed by atoms with van der Waals surface area (Å²) in [5.41, 5.74) is 0.243. The van der Waals surface area contributed by atoms with Gasteiger partial charge in [-0.05, 0) is 38.3 Å². The van der Waals surface area contributed by atoms with Crippen molar-refractivity contribution in [2.45, 2.75) is 44.6 Å². The maximum Gasteiger partial charge on any atom is 0.159 e. The van der Waals surface area contributed by atoms with Gasteiger partial charge in [0.2, 0.25) is 0 Å². The zero-order valence-electron chi connectivity index (χ0n) is 12.0. The summed E-state index contributed by atoms with van der Waals surface area (Å²) in [7, 11) is 0. The van der Waals surface area contributed by atoms with E-state index >= 15 is 0 Å². The van der Waals surface area contributed by atoms with Crippen LogP contribution in [0.15, 0.2) is 18.3 Å². The lowest BCUT2D eigenvalue weighted by atomic mass is 9.71. The molecule has 108 valence electrons. The van der Waals surface area contributed by atoms with E-state index in [0.29, 0.717) is 11.5 Å². The molecule has 0 amide bonds. The highest BCUT2D eigenvalue weighted by molar-refractivity contribution is 5.94. The summed E-state index contributed by atoms with van der Waals surface area (Å²) in [6, 6.07) is 3.63. The predicted octanol–water partition coefficient (Wildman–Crippen LogP) is 2.42. The van der Waals surface area contributed by atoms with Gasteiger partial charge >= 0.3 is 0 Å². The van der Waals surface area contributed by atoms with Gasteiger partial charge in [0.25, 0.3) is 0 Å². The first-order chi connectivity index (χ1) is 9.58. The average molecular weight is 274 g/mol. The highest BCUT2D eigenvalue weighted by Crippen LogP contribution is 2.40. The molecule has 3 rings (SSSR count). The summed E-state index contributed by atoms with van der Waals surface area (Å²) in [5, 5.41) is 10.7. The Bertz CT molecular complexity index is 517. The van der Waals surface area contributed by atoms with Crippen LogP contribution in [0.5, 0.6) is 0 Å². The Balaban J connectivity index is 1.79. The molecule has 4 nitrogen and oxygen atoms in total. The third kappa shape index (κ3) is 2.44. The average Bonchev–Trinajstić information content (AvgIpc) is 2.46. The van der Waals surface area contributed by atoms with Crippen LogP contribution < -0.4 is 4.90 Å². The van der Waals surface area contributed by atoms with Crippen LogP contribution in [0.2, 0.25) is 0 Å². The molecule has 1 N–H and O–H groups in total. The number of nitrogens with zero attached hydrogens (tertiary/aromatic N) is 2. The normalized spacial score (nSPS) is 29.9. The summed E-state index contributed by atoms with van der Waals surface area (Å²) in [5.74, 6) is 1.28. The first-order valence-electron chi connectivity index (χ1n) is 7.53. The standard InChI is InChI=1S/C16H22N2O2/c1-12(19)13-5-8-17-15(10-13)18-9-7-16(20)6-3-2-4-14(16)11-18/h5,8,10,14,20H,2-4,6-7,9,11H2,1H3. The lowest BCUT2D eigenvalue weighted by molar-refractivity contribution is -0.0613. The Hall–Kier alpha value is -1.42. The quantitative estimate of drug-likeness (QED) is 0.841. The second-order valence-electron chi connectivity index (χ2n) is 6.20. The number of aromatic nitrogens is 1. The number of fused-ring (bicyclic) bond motifs is 1. The van der Waals surface area contributed by atoms with Crippen LogP contribution in [0.4, 0.5) is 5.82 Å². The summed E-state index contributed by atoms with van der Waals surface area (Å²) < 4.78 is 0. The Kier molecular flexibility index (Phi) is 3.50. The van der Waals surface area contributed by atoms with Crippen LogP contribution in [-0.4, -0.2) is 34.6 Å². The predicted molar refractivity (Wildman–Crippen MR) is 78.0 cm³/mol. The number of pyridine rings is 1. The van der Waals surface area contributed by atoms with E-state index in [2.05, 4.69) is 9.88 Å². The fraction of sp³-hybridized carbons (Fsp3) is 0.625. The van der Waals surface area contributed by atoms with Crippen LogP contribution >= 0.6 is 0 Å². The number of piperidine rings is 1. The minimum Gasteiger partial charge on any atom is -0.389 e. The lowest BCUT2D eigenvalue weighted by Gasteiger charge is -2.47. The van der Waals surface area contributed by atoms with E-state index in [9.17, 15) is 9.90 Å². The van der Waals surface area contributed by atoms with E-state index in [-0.39, 0.29) is 5.78 Å². The monoisotopic (exact) mass is 274 g/mol. The molecule has 1 aromatic rings. The third-order valence-electron chi connectivity index (χ3n) is 4.90. The molecule has 4 heteroatoms. The fourth-order valence-electron chi connectivity index (χ4n) is 3.59. The van der Waals surface area contributed by atoms with Gasteiger partial charge in [0.1, 0.15) is 5.82 Å². The largest absolute Gasteiger partial charge is 0.389 e. The number of aliphatic hydroxyl groups is 1. The molecule has 20 heavy (non-hydrogen) atoms. The molecule has 1 aromatic heterocycles. The molecule has 0 radical (unpaired) electrons. The topological polar surface area (TPSA) is 53.4 Å². The third-order valence-corrected chi connectivity index (χ3v) is 4.90. The van der Waals surface area contributed by atoms with Gasteiger partial charge in [-0.3, -0.25) is 4.79 Å². The minimum atomic E-state index is -0.465. The van der Waals surface area contributed by atoms with Crippen molar-refractivity contribution in [1.29, 1.82) is 0 Å². The van der Waals surface area contributed by atoms with Crippen LogP contribution in [0.25, 0.3) is 0 Å². The second-order valence-corrected chi connectivity index (χ2v) is 6.20. The zero-order valence-corrected chi connectivity index (χ0v) is 12.0. The SMILES string of the molecule is CC(=O)c1ccnc(N2CCC3(O)CCCCC3C2)c1. The van der Waals surface area contributed by atoms with Gasteiger partial charge in [-0.2, -0.15) is 0 Å². The number of rotatable bonds is 2. The number of hydrogen-bond donors (Lipinski definition) is 1. The summed E-state index contributed by atoms with van der Waals surface area (Å²) in [4.78, 5) is 18.1. The van der Waals surface area contributed by atoms with E-state index in [1.54, 1.807) is 19.2 Å². The molecule has 1 aliphatic carbocycles. The van der Waals surface area contributed by atoms with Crippen LogP contribution in [0.3, 0.4) is 0 Å². The van der Waals surface area contributed by atoms with Crippen molar-refractivity contribution in [3.63, 3.8) is 0 Å². The number of carbonyl (C=O) groups excluding carboxylic acids is 1. The van der Waals surface area contributed by atoms with E-state index in [1.807, 2.05) is 6.07 Å². The van der Waals surface area contributed by atoms with Gasteiger partial charge < -0.3 is 10.0 Å². The van der Waals surface area contributed by atoms with Gasteiger partial charge in [-0.1, -0.05) is 12.8 Å².